The molecule has 190 valence electrons. The van der Waals surface area contributed by atoms with E-state index in [-0.39, 0.29) is 17.7 Å². The Hall–Kier alpha value is -2.60. The number of hydrogen-bond donors (Lipinski definition) is 1. The largest absolute Gasteiger partial charge is 0.508 e. The van der Waals surface area contributed by atoms with Gasteiger partial charge in [-0.3, -0.25) is 14.5 Å². The van der Waals surface area contributed by atoms with Gasteiger partial charge in [0.25, 0.3) is 5.91 Å². The predicted octanol–water partition coefficient (Wildman–Crippen LogP) is 0.679. The molecule has 1 aliphatic rings. The molecule has 0 saturated carbocycles. The Morgan fingerprint density at radius 1 is 1.07 bits per heavy atom. The van der Waals surface area contributed by atoms with E-state index in [4.69, 9.17) is 67.5 Å². The van der Waals surface area contributed by atoms with Crippen LogP contribution in [0, 0.1) is 6.92 Å². The number of nitrogens with one attached hydrogen (secondary N) is 1. The molecule has 2 heterocycles. The van der Waals surface area contributed by atoms with Crippen LogP contribution in [0.15, 0.2) is 48.7 Å². The van der Waals surface area contributed by atoms with Crippen molar-refractivity contribution in [3.8, 4) is 5.75 Å². The first-order valence-electron chi connectivity index (χ1n) is 13.2. The fourth-order valence-corrected chi connectivity index (χ4v) is 5.26. The molecule has 4 rings (SSSR count). The van der Waals surface area contributed by atoms with E-state index in [0.717, 1.165) is 42.3 Å². The van der Waals surface area contributed by atoms with E-state index in [1.807, 2.05) is 6.20 Å². The first-order chi connectivity index (χ1) is 19.0. The first-order valence-corrected chi connectivity index (χ1v) is 13.2. The Labute approximate surface area is 252 Å². The fourth-order valence-electron chi connectivity index (χ4n) is 5.26. The number of aromatic amines is 1. The Morgan fingerprint density at radius 2 is 1.76 bits per heavy atom. The number of imide groups is 1. The van der Waals surface area contributed by atoms with E-state index in [9.17, 15) is 9.59 Å². The summed E-state index contributed by atoms with van der Waals surface area (Å²) >= 11 is 0. The lowest BCUT2D eigenvalue weighted by molar-refractivity contribution is -0.117. The van der Waals surface area contributed by atoms with E-state index in [2.05, 4.69) is 16.9 Å². The van der Waals surface area contributed by atoms with E-state index in [0.29, 0.717) is 16.5 Å². The third-order valence-electron chi connectivity index (χ3n) is 8.24. The number of carbonyl (C=O) groups excluding carboxylic acids is 2. The van der Waals surface area contributed by atoms with Gasteiger partial charge in [0, 0.05) is 34.1 Å². The Balaban J connectivity index is 1.62. The van der Waals surface area contributed by atoms with Crippen molar-refractivity contribution < 1.29 is 14.3 Å². The standard InChI is InChI=1S/C27H25B8N3O3/c1-16-6-3-4-8-20(16)23(40)38(15-39)26(32,33)24(28,29)25(30,31)27(34,35)41-19-9-10-22-21(13-19)17(14-36-22)12-18-7-5-11-37(18)2/h3-4,6,8-10,13-15,18,36H,5,7,11-12H2,1-2H3. The predicted molar refractivity (Wildman–Crippen MR) is 169 cm³/mol. The van der Waals surface area contributed by atoms with Crippen molar-refractivity contribution in [3.63, 3.8) is 0 Å². The highest BCUT2D eigenvalue weighted by Gasteiger charge is 2.55. The van der Waals surface area contributed by atoms with Crippen LogP contribution in [0.4, 0.5) is 0 Å². The highest BCUT2D eigenvalue weighted by molar-refractivity contribution is 6.66. The molecule has 16 radical (unpaired) electrons. The lowest BCUT2D eigenvalue weighted by atomic mass is 9.14. The topological polar surface area (TPSA) is 65.6 Å². The van der Waals surface area contributed by atoms with Crippen molar-refractivity contribution in [1.29, 1.82) is 0 Å². The summed E-state index contributed by atoms with van der Waals surface area (Å²) in [5, 5.41) is -9.61. The molecule has 1 unspecified atom stereocenters. The Kier molecular flexibility index (Phi) is 8.59. The number of fused-ring (bicyclic) bond motifs is 1. The molecule has 41 heavy (non-hydrogen) atoms. The molecule has 2 amide bonds. The second kappa shape index (κ2) is 11.2. The molecule has 1 N–H and O–H groups in total. The third kappa shape index (κ3) is 5.49. The molecule has 3 aromatic rings. The number of likely N-dealkylation sites (N-methyl/N-ethyl adjacent to an activating group) is 1. The molecular weight excluding hydrogens is 501 g/mol. The molecule has 1 saturated heterocycles. The molecule has 0 aliphatic carbocycles. The van der Waals surface area contributed by atoms with Gasteiger partial charge in [-0.2, -0.15) is 0 Å². The summed E-state index contributed by atoms with van der Waals surface area (Å²) in [6.45, 7) is 2.72. The highest BCUT2D eigenvalue weighted by atomic mass is 16.5. The first kappa shape index (κ1) is 31.3. The minimum Gasteiger partial charge on any atom is -0.508 e. The molecule has 1 aromatic heterocycles. The highest BCUT2D eigenvalue weighted by Crippen LogP contribution is 2.55. The maximum atomic E-state index is 13.3. The molecule has 14 heteroatoms. The number of ether oxygens (including phenoxy) is 1. The quantitative estimate of drug-likeness (QED) is 0.312. The van der Waals surface area contributed by atoms with Crippen LogP contribution < -0.4 is 4.74 Å². The number of likely N-dealkylation sites (tertiary alicyclic amines) is 1. The van der Waals surface area contributed by atoms with Crippen LogP contribution in [0.2, 0.25) is 10.4 Å². The number of aryl methyl sites for hydroxylation is 1. The molecule has 2 aromatic carbocycles. The summed E-state index contributed by atoms with van der Waals surface area (Å²) in [5.74, 6) is -0.680. The van der Waals surface area contributed by atoms with Gasteiger partial charge in [0.15, 0.2) is 0 Å². The minimum absolute atomic E-state index is 0.0814. The summed E-state index contributed by atoms with van der Waals surface area (Å²) in [4.78, 5) is 31.4. The maximum Gasteiger partial charge on any atom is 0.259 e. The van der Waals surface area contributed by atoms with Crippen molar-refractivity contribution in [2.45, 2.75) is 53.4 Å². The lowest BCUT2D eigenvalue weighted by Crippen LogP contribution is -2.69. The van der Waals surface area contributed by atoms with Crippen LogP contribution in [-0.4, -0.2) is 120 Å². The number of benzene rings is 2. The maximum absolute atomic E-state index is 13.3. The molecule has 0 spiro atoms. The SMILES string of the molecule is [B]C([B])(Oc1ccc2[nH]cc(CC3CCCN3C)c2c1)C([B])([B])C([B])([B])C([B])([B])N(C=O)C(=O)c1ccccc1C. The van der Waals surface area contributed by atoms with Crippen molar-refractivity contribution in [2.24, 2.45) is 0 Å². The van der Waals surface area contributed by atoms with Gasteiger partial charge >= 0.3 is 0 Å². The van der Waals surface area contributed by atoms with Gasteiger partial charge < -0.3 is 14.6 Å². The van der Waals surface area contributed by atoms with E-state index in [1.54, 1.807) is 43.3 Å². The van der Waals surface area contributed by atoms with Gasteiger partial charge in [0.2, 0.25) is 6.41 Å². The summed E-state index contributed by atoms with van der Waals surface area (Å²) < 4.78 is 5.87. The average molecular weight is 526 g/mol. The normalized spacial score (nSPS) is 17.0. The van der Waals surface area contributed by atoms with Gasteiger partial charge in [-0.05, 0) is 80.5 Å². The monoisotopic (exact) mass is 527 g/mol. The van der Waals surface area contributed by atoms with Gasteiger partial charge in [0.1, 0.15) is 21.4 Å². The van der Waals surface area contributed by atoms with Gasteiger partial charge in [-0.1, -0.05) is 28.6 Å². The summed E-state index contributed by atoms with van der Waals surface area (Å²) in [6, 6.07) is 12.0. The van der Waals surface area contributed by atoms with Crippen molar-refractivity contribution in [3.05, 3.63) is 65.4 Å². The molecule has 1 atom stereocenters. The molecular formula is C27H25B8N3O3. The van der Waals surface area contributed by atoms with Crippen LogP contribution in [0.25, 0.3) is 10.9 Å². The van der Waals surface area contributed by atoms with Crippen molar-refractivity contribution in [2.75, 3.05) is 13.6 Å². The number of H-pyrrole nitrogens is 1. The summed E-state index contributed by atoms with van der Waals surface area (Å²) in [7, 11) is 52.5. The lowest BCUT2D eigenvalue weighted by Gasteiger charge is -2.63. The smallest absolute Gasteiger partial charge is 0.259 e. The van der Waals surface area contributed by atoms with E-state index in [1.165, 1.54) is 6.07 Å². The number of hydrogen-bond acceptors (Lipinski definition) is 4. The van der Waals surface area contributed by atoms with Gasteiger partial charge in [0.05, 0.1) is 47.1 Å². The molecule has 6 nitrogen and oxygen atoms in total. The van der Waals surface area contributed by atoms with Crippen LogP contribution in [-0.2, 0) is 11.2 Å². The van der Waals surface area contributed by atoms with E-state index < -0.39 is 27.1 Å². The third-order valence-corrected chi connectivity index (χ3v) is 8.24. The van der Waals surface area contributed by atoms with Crippen LogP contribution in [0.5, 0.6) is 5.75 Å². The number of aromatic nitrogens is 1. The molecule has 1 aliphatic heterocycles. The molecule has 1 fully saturated rings. The number of nitrogens with zero attached hydrogens (tertiary/aromatic N) is 2. The van der Waals surface area contributed by atoms with Crippen LogP contribution in [0.1, 0.15) is 34.3 Å². The van der Waals surface area contributed by atoms with Gasteiger partial charge in [-0.25, -0.2) is 0 Å². The second-order valence-corrected chi connectivity index (χ2v) is 11.1. The zero-order valence-electron chi connectivity index (χ0n) is 23.3. The number of rotatable bonds is 10. The number of carbonyl (C=O) groups is 2. The Morgan fingerprint density at radius 3 is 2.37 bits per heavy atom. The summed E-state index contributed by atoms with van der Waals surface area (Å²) in [5.41, 5.74) is 2.63. The molecule has 0 bridgehead atoms. The second-order valence-electron chi connectivity index (χ2n) is 11.1. The summed E-state index contributed by atoms with van der Waals surface area (Å²) in [6.07, 6.45) is 5.13. The van der Waals surface area contributed by atoms with Crippen molar-refractivity contribution >= 4 is 86.0 Å². The average Bonchev–Trinajstić information content (AvgIpc) is 3.49. The van der Waals surface area contributed by atoms with Crippen molar-refractivity contribution in [1.82, 2.24) is 14.8 Å². The minimum atomic E-state index is -2.70. The van der Waals surface area contributed by atoms with Gasteiger partial charge in [-0.15, -0.1) is 0 Å². The zero-order valence-corrected chi connectivity index (χ0v) is 23.3. The van der Waals surface area contributed by atoms with E-state index >= 15 is 0 Å². The zero-order chi connectivity index (χ0) is 30.4. The van der Waals surface area contributed by atoms with Crippen LogP contribution >= 0.6 is 0 Å². The Bertz CT molecular complexity index is 1440. The fraction of sp³-hybridized carbons (Fsp3) is 0.407. The number of amides is 2. The van der Waals surface area contributed by atoms with Crippen LogP contribution in [0.3, 0.4) is 0 Å².